The summed E-state index contributed by atoms with van der Waals surface area (Å²) in [7, 11) is -4.28. The number of esters is 2. The number of ether oxygens (including phenoxy) is 2. The molecule has 8 nitrogen and oxygen atoms in total. The van der Waals surface area contributed by atoms with Crippen LogP contribution < -0.4 is 0 Å². The van der Waals surface area contributed by atoms with Crippen LogP contribution in [-0.2, 0) is 32.7 Å². The zero-order valence-corrected chi connectivity index (χ0v) is 33.9. The largest absolute Gasteiger partial charge is 0.472 e. The molecule has 2 unspecified atom stereocenters. The third-order valence-electron chi connectivity index (χ3n) is 8.71. The number of allylic oxidation sites excluding steroid dienone is 6. The molecule has 0 heterocycles. The third-order valence-corrected chi connectivity index (χ3v) is 9.77. The number of phosphoric ester groups is 1. The van der Waals surface area contributed by atoms with E-state index in [-0.39, 0.29) is 25.6 Å². The molecule has 0 fully saturated rings. The molecule has 0 bridgehead atoms. The topological polar surface area (TPSA) is 108 Å². The Balaban J connectivity index is 4.11. The van der Waals surface area contributed by atoms with Gasteiger partial charge in [-0.2, -0.15) is 0 Å². The first-order chi connectivity index (χ1) is 24.8. The second-order valence-corrected chi connectivity index (χ2v) is 15.1. The highest BCUT2D eigenvalue weighted by Crippen LogP contribution is 2.43. The van der Waals surface area contributed by atoms with Crippen LogP contribution in [0, 0.1) is 0 Å². The minimum Gasteiger partial charge on any atom is -0.462 e. The van der Waals surface area contributed by atoms with Crippen molar-refractivity contribution in [3.8, 4) is 0 Å². The van der Waals surface area contributed by atoms with Crippen LogP contribution in [0.1, 0.15) is 194 Å². The lowest BCUT2D eigenvalue weighted by Gasteiger charge is -2.19. The Hall–Kier alpha value is -1.73. The maximum absolute atomic E-state index is 12.5. The molecular weight excluding hydrogens is 663 g/mol. The second-order valence-electron chi connectivity index (χ2n) is 13.6. The number of hydrogen-bond acceptors (Lipinski definition) is 7. The number of hydrogen-bond donors (Lipinski definition) is 1. The number of rotatable bonds is 38. The van der Waals surface area contributed by atoms with Crippen LogP contribution in [0.4, 0.5) is 0 Å². The maximum Gasteiger partial charge on any atom is 0.472 e. The number of carbonyl (C=O) groups is 2. The monoisotopic (exact) mass is 741 g/mol. The molecule has 0 radical (unpaired) electrons. The number of unbranched alkanes of at least 4 members (excludes halogenated alkanes) is 20. The highest BCUT2D eigenvalue weighted by atomic mass is 31.2. The molecule has 0 spiro atoms. The predicted molar refractivity (Wildman–Crippen MR) is 212 cm³/mol. The fourth-order valence-corrected chi connectivity index (χ4v) is 6.46. The number of phosphoric acid groups is 1. The standard InChI is InChI=1S/C42H77O8P/c1-4-7-9-11-13-15-17-19-21-23-24-26-28-30-32-34-36-41(43)47-38-40(39-49-51(45,46)48-6-3)50-42(44)37-35-33-31-29-27-25-22-20-18-16-14-12-10-8-5-2/h8,10,14,16,20,22,40H,4-7,9,11-13,15,17-19,21,23-39H2,1-3H3,(H,45,46)/b10-8-,16-14-,22-20-. The molecule has 0 aliphatic heterocycles. The van der Waals surface area contributed by atoms with Crippen molar-refractivity contribution >= 4 is 19.8 Å². The van der Waals surface area contributed by atoms with Gasteiger partial charge in [0, 0.05) is 12.8 Å². The van der Waals surface area contributed by atoms with E-state index in [0.29, 0.717) is 12.8 Å². The lowest BCUT2D eigenvalue weighted by Crippen LogP contribution is -2.29. The van der Waals surface area contributed by atoms with E-state index in [1.807, 2.05) is 0 Å². The molecule has 0 aliphatic rings. The van der Waals surface area contributed by atoms with Gasteiger partial charge >= 0.3 is 19.8 Å². The predicted octanol–water partition coefficient (Wildman–Crippen LogP) is 12.8. The van der Waals surface area contributed by atoms with Crippen LogP contribution in [0.5, 0.6) is 0 Å². The van der Waals surface area contributed by atoms with Crippen molar-refractivity contribution in [3.63, 3.8) is 0 Å². The molecule has 51 heavy (non-hydrogen) atoms. The van der Waals surface area contributed by atoms with E-state index in [1.165, 1.54) is 83.5 Å². The van der Waals surface area contributed by atoms with E-state index in [0.717, 1.165) is 70.6 Å². The minimum atomic E-state index is -4.28. The van der Waals surface area contributed by atoms with Crippen molar-refractivity contribution in [1.82, 2.24) is 0 Å². The summed E-state index contributed by atoms with van der Waals surface area (Å²) in [5.74, 6) is -0.813. The fourth-order valence-electron chi connectivity index (χ4n) is 5.70. The average molecular weight is 741 g/mol. The lowest BCUT2D eigenvalue weighted by molar-refractivity contribution is -0.161. The molecule has 1 N–H and O–H groups in total. The van der Waals surface area contributed by atoms with Gasteiger partial charge in [0.1, 0.15) is 6.61 Å². The first-order valence-electron chi connectivity index (χ1n) is 20.8. The lowest BCUT2D eigenvalue weighted by atomic mass is 10.0. The van der Waals surface area contributed by atoms with Crippen LogP contribution >= 0.6 is 7.82 Å². The summed E-state index contributed by atoms with van der Waals surface area (Å²) < 4.78 is 32.6. The molecule has 0 aromatic rings. The Morgan fingerprint density at radius 1 is 0.549 bits per heavy atom. The summed E-state index contributed by atoms with van der Waals surface area (Å²) in [6.07, 6.45) is 41.9. The van der Waals surface area contributed by atoms with E-state index in [2.05, 4.69) is 50.3 Å². The summed E-state index contributed by atoms with van der Waals surface area (Å²) in [4.78, 5) is 34.7. The summed E-state index contributed by atoms with van der Waals surface area (Å²) in [5, 5.41) is 0. The quantitative estimate of drug-likeness (QED) is 0.0288. The van der Waals surface area contributed by atoms with Crippen LogP contribution in [0.3, 0.4) is 0 Å². The molecule has 298 valence electrons. The zero-order valence-electron chi connectivity index (χ0n) is 33.0. The smallest absolute Gasteiger partial charge is 0.462 e. The number of carbonyl (C=O) groups excluding carboxylic acids is 2. The molecule has 0 aliphatic carbocycles. The summed E-state index contributed by atoms with van der Waals surface area (Å²) >= 11 is 0. The van der Waals surface area contributed by atoms with Crippen molar-refractivity contribution in [3.05, 3.63) is 36.5 Å². The van der Waals surface area contributed by atoms with Gasteiger partial charge in [-0.25, -0.2) is 4.57 Å². The SMILES string of the molecule is CC/C=C\C/C=C\C/C=C\CCCCCCCC(=O)OC(COC(=O)CCCCCCCCCCCCCCCCCC)COP(=O)(O)OCC. The van der Waals surface area contributed by atoms with E-state index in [4.69, 9.17) is 18.5 Å². The van der Waals surface area contributed by atoms with Gasteiger partial charge in [-0.3, -0.25) is 18.6 Å². The Bertz CT molecular complexity index is 932. The molecule has 0 aromatic heterocycles. The highest BCUT2D eigenvalue weighted by Gasteiger charge is 2.25. The Morgan fingerprint density at radius 2 is 1.00 bits per heavy atom. The van der Waals surface area contributed by atoms with Gasteiger partial charge in [0.15, 0.2) is 6.10 Å². The average Bonchev–Trinajstić information content (AvgIpc) is 3.10. The van der Waals surface area contributed by atoms with Crippen LogP contribution in [0.25, 0.3) is 0 Å². The first-order valence-corrected chi connectivity index (χ1v) is 22.3. The summed E-state index contributed by atoms with van der Waals surface area (Å²) in [6, 6.07) is 0. The van der Waals surface area contributed by atoms with Gasteiger partial charge in [-0.15, -0.1) is 0 Å². The van der Waals surface area contributed by atoms with Crippen molar-refractivity contribution in [2.45, 2.75) is 200 Å². The molecule has 0 saturated heterocycles. The van der Waals surface area contributed by atoms with Gasteiger partial charge < -0.3 is 14.4 Å². The molecule has 9 heteroatoms. The molecule has 0 rings (SSSR count). The normalized spacial score (nSPS) is 13.7. The molecule has 0 aromatic carbocycles. The highest BCUT2D eigenvalue weighted by molar-refractivity contribution is 7.47. The van der Waals surface area contributed by atoms with Gasteiger partial charge in [0.25, 0.3) is 0 Å². The Kier molecular flexibility index (Phi) is 36.7. The van der Waals surface area contributed by atoms with E-state index >= 15 is 0 Å². The van der Waals surface area contributed by atoms with Crippen LogP contribution in [0.15, 0.2) is 36.5 Å². The van der Waals surface area contributed by atoms with E-state index < -0.39 is 26.5 Å². The second kappa shape index (κ2) is 38.0. The molecule has 2 atom stereocenters. The molecule has 0 saturated carbocycles. The van der Waals surface area contributed by atoms with Gasteiger partial charge in [0.05, 0.1) is 13.2 Å². The fraction of sp³-hybridized carbons (Fsp3) is 0.810. The van der Waals surface area contributed by atoms with Gasteiger partial charge in [-0.05, 0) is 51.9 Å². The third kappa shape index (κ3) is 37.8. The van der Waals surface area contributed by atoms with E-state index in [9.17, 15) is 19.0 Å². The molecule has 0 amide bonds. The summed E-state index contributed by atoms with van der Waals surface area (Å²) in [5.41, 5.74) is 0. The molecular formula is C42H77O8P. The minimum absolute atomic E-state index is 0.00262. The van der Waals surface area contributed by atoms with Crippen LogP contribution in [-0.4, -0.2) is 42.8 Å². The first kappa shape index (κ1) is 49.3. The zero-order chi connectivity index (χ0) is 37.5. The maximum atomic E-state index is 12.5. The van der Waals surface area contributed by atoms with Crippen molar-refractivity contribution in [1.29, 1.82) is 0 Å². The summed E-state index contributed by atoms with van der Waals surface area (Å²) in [6.45, 7) is 5.35. The van der Waals surface area contributed by atoms with Crippen molar-refractivity contribution in [2.24, 2.45) is 0 Å². The van der Waals surface area contributed by atoms with Crippen LogP contribution in [0.2, 0.25) is 0 Å². The van der Waals surface area contributed by atoms with E-state index in [1.54, 1.807) is 6.92 Å². The van der Waals surface area contributed by atoms with Crippen molar-refractivity contribution < 1.29 is 37.6 Å². The van der Waals surface area contributed by atoms with Gasteiger partial charge in [-0.1, -0.05) is 166 Å². The Morgan fingerprint density at radius 3 is 1.51 bits per heavy atom. The Labute approximate surface area is 313 Å². The van der Waals surface area contributed by atoms with Crippen molar-refractivity contribution in [2.75, 3.05) is 19.8 Å². The van der Waals surface area contributed by atoms with Gasteiger partial charge in [0.2, 0.25) is 0 Å².